The summed E-state index contributed by atoms with van der Waals surface area (Å²) in [6.07, 6.45) is 4.24. The monoisotopic (exact) mass is 258 g/mol. The molecular weight excluding hydrogens is 244 g/mol. The Labute approximate surface area is 92.4 Å². The Kier molecular flexibility index (Phi) is 4.20. The average Bonchev–Trinajstić information content (AvgIpc) is 2.45. The summed E-state index contributed by atoms with van der Waals surface area (Å²) in [5.74, 6) is -0.249. The maximum absolute atomic E-state index is 10.7. The highest BCUT2D eigenvalue weighted by atomic mass is 79.9. The summed E-state index contributed by atoms with van der Waals surface area (Å²) in [6, 6.07) is 2.01. The average molecular weight is 259 g/mol. The molecule has 4 heteroatoms. The van der Waals surface area contributed by atoms with Gasteiger partial charge in [0.05, 0.1) is 0 Å². The van der Waals surface area contributed by atoms with Crippen LogP contribution in [0.1, 0.15) is 25.5 Å². The Morgan fingerprint density at radius 3 is 2.93 bits per heavy atom. The molecule has 1 heterocycles. The molecule has 1 aromatic heterocycles. The van der Waals surface area contributed by atoms with E-state index in [-0.39, 0.29) is 5.91 Å². The summed E-state index contributed by atoms with van der Waals surface area (Å²) >= 11 is 3.46. The van der Waals surface area contributed by atoms with Gasteiger partial charge in [-0.1, -0.05) is 6.92 Å². The zero-order valence-electron chi connectivity index (χ0n) is 8.29. The molecule has 0 aliphatic heterocycles. The highest BCUT2D eigenvalue weighted by Crippen LogP contribution is 2.19. The lowest BCUT2D eigenvalue weighted by Gasteiger charge is -2.07. The molecule has 2 N–H and O–H groups in total. The van der Waals surface area contributed by atoms with Crippen LogP contribution in [0.5, 0.6) is 0 Å². The number of hydrogen-bond acceptors (Lipinski definition) is 1. The number of rotatable bonds is 5. The first-order valence-electron chi connectivity index (χ1n) is 4.77. The van der Waals surface area contributed by atoms with E-state index in [1.165, 1.54) is 0 Å². The summed E-state index contributed by atoms with van der Waals surface area (Å²) in [4.78, 5) is 10.7. The molecule has 0 aliphatic carbocycles. The second kappa shape index (κ2) is 5.20. The van der Waals surface area contributed by atoms with Gasteiger partial charge in [-0.05, 0) is 34.8 Å². The van der Waals surface area contributed by atoms with Gasteiger partial charge in [-0.2, -0.15) is 0 Å². The first kappa shape index (κ1) is 11.3. The third-order valence-electron chi connectivity index (χ3n) is 2.10. The van der Waals surface area contributed by atoms with Crippen molar-refractivity contribution in [2.75, 3.05) is 0 Å². The van der Waals surface area contributed by atoms with Crippen molar-refractivity contribution in [3.63, 3.8) is 0 Å². The first-order chi connectivity index (χ1) is 6.65. The van der Waals surface area contributed by atoms with E-state index in [0.29, 0.717) is 12.8 Å². The van der Waals surface area contributed by atoms with E-state index >= 15 is 0 Å². The number of aryl methyl sites for hydroxylation is 1. The quantitative estimate of drug-likeness (QED) is 0.864. The van der Waals surface area contributed by atoms with Gasteiger partial charge in [0.15, 0.2) is 0 Å². The minimum atomic E-state index is -0.249. The van der Waals surface area contributed by atoms with Gasteiger partial charge in [-0.15, -0.1) is 0 Å². The SMILES string of the molecule is CCCn1ccc(Br)c1CCC(N)=O. The topological polar surface area (TPSA) is 48.0 Å². The van der Waals surface area contributed by atoms with Crippen LogP contribution in [0.4, 0.5) is 0 Å². The van der Waals surface area contributed by atoms with Crippen LogP contribution in [0.25, 0.3) is 0 Å². The van der Waals surface area contributed by atoms with Crippen LogP contribution in [0.2, 0.25) is 0 Å². The Morgan fingerprint density at radius 2 is 2.36 bits per heavy atom. The number of nitrogens with two attached hydrogens (primary N) is 1. The van der Waals surface area contributed by atoms with E-state index in [4.69, 9.17) is 5.73 Å². The van der Waals surface area contributed by atoms with E-state index in [9.17, 15) is 4.79 Å². The number of nitrogens with zero attached hydrogens (tertiary/aromatic N) is 1. The van der Waals surface area contributed by atoms with E-state index < -0.39 is 0 Å². The van der Waals surface area contributed by atoms with Crippen molar-refractivity contribution >= 4 is 21.8 Å². The lowest BCUT2D eigenvalue weighted by Crippen LogP contribution is -2.13. The molecule has 14 heavy (non-hydrogen) atoms. The molecule has 0 aromatic carbocycles. The van der Waals surface area contributed by atoms with Crippen LogP contribution in [-0.2, 0) is 17.8 Å². The predicted octanol–water partition coefficient (Wildman–Crippen LogP) is 2.08. The second-order valence-corrected chi connectivity index (χ2v) is 4.12. The van der Waals surface area contributed by atoms with Crippen molar-refractivity contribution in [2.45, 2.75) is 32.7 Å². The number of halogens is 1. The summed E-state index contributed by atoms with van der Waals surface area (Å²) < 4.78 is 3.22. The molecule has 0 aliphatic rings. The fourth-order valence-corrected chi connectivity index (χ4v) is 1.98. The second-order valence-electron chi connectivity index (χ2n) is 3.27. The molecule has 0 bridgehead atoms. The van der Waals surface area contributed by atoms with Gasteiger partial charge >= 0.3 is 0 Å². The van der Waals surface area contributed by atoms with Crippen molar-refractivity contribution in [3.05, 3.63) is 22.4 Å². The van der Waals surface area contributed by atoms with Gasteiger partial charge in [-0.25, -0.2) is 0 Å². The minimum absolute atomic E-state index is 0.249. The van der Waals surface area contributed by atoms with Crippen LogP contribution < -0.4 is 5.73 Å². The van der Waals surface area contributed by atoms with Crippen molar-refractivity contribution in [1.82, 2.24) is 4.57 Å². The van der Waals surface area contributed by atoms with Gasteiger partial charge in [0.1, 0.15) is 0 Å². The largest absolute Gasteiger partial charge is 0.370 e. The standard InChI is InChI=1S/C10H15BrN2O/c1-2-6-13-7-5-8(11)9(13)3-4-10(12)14/h5,7H,2-4,6H2,1H3,(H2,12,14). The van der Waals surface area contributed by atoms with E-state index in [0.717, 1.165) is 23.1 Å². The molecule has 0 atom stereocenters. The van der Waals surface area contributed by atoms with Crippen molar-refractivity contribution in [3.8, 4) is 0 Å². The zero-order chi connectivity index (χ0) is 10.6. The lowest BCUT2D eigenvalue weighted by atomic mass is 10.2. The third-order valence-corrected chi connectivity index (χ3v) is 2.82. The summed E-state index contributed by atoms with van der Waals surface area (Å²) in [7, 11) is 0. The normalized spacial score (nSPS) is 10.4. The first-order valence-corrected chi connectivity index (χ1v) is 5.56. The van der Waals surface area contributed by atoms with E-state index in [1.54, 1.807) is 0 Å². The number of carbonyl (C=O) groups is 1. The molecule has 1 rings (SSSR count). The third kappa shape index (κ3) is 2.87. The summed E-state index contributed by atoms with van der Waals surface area (Å²) in [5, 5.41) is 0. The van der Waals surface area contributed by atoms with Gasteiger partial charge < -0.3 is 10.3 Å². The van der Waals surface area contributed by atoms with Crippen LogP contribution >= 0.6 is 15.9 Å². The predicted molar refractivity (Wildman–Crippen MR) is 59.9 cm³/mol. The molecule has 0 spiro atoms. The highest BCUT2D eigenvalue weighted by molar-refractivity contribution is 9.10. The van der Waals surface area contributed by atoms with Gasteiger partial charge in [0.2, 0.25) is 5.91 Å². The van der Waals surface area contributed by atoms with E-state index in [1.807, 2.05) is 12.3 Å². The smallest absolute Gasteiger partial charge is 0.217 e. The fourth-order valence-electron chi connectivity index (χ4n) is 1.43. The fraction of sp³-hybridized carbons (Fsp3) is 0.500. The van der Waals surface area contributed by atoms with Gasteiger partial charge in [-0.3, -0.25) is 4.79 Å². The summed E-state index contributed by atoms with van der Waals surface area (Å²) in [5.41, 5.74) is 6.28. The molecule has 78 valence electrons. The van der Waals surface area contributed by atoms with Crippen LogP contribution in [0.3, 0.4) is 0 Å². The lowest BCUT2D eigenvalue weighted by molar-refractivity contribution is -0.118. The highest BCUT2D eigenvalue weighted by Gasteiger charge is 2.07. The van der Waals surface area contributed by atoms with Crippen molar-refractivity contribution < 1.29 is 4.79 Å². The van der Waals surface area contributed by atoms with Crippen LogP contribution in [0, 0.1) is 0 Å². The van der Waals surface area contributed by atoms with E-state index in [2.05, 4.69) is 27.4 Å². The molecule has 0 radical (unpaired) electrons. The molecule has 0 fully saturated rings. The van der Waals surface area contributed by atoms with Crippen molar-refractivity contribution in [2.24, 2.45) is 5.73 Å². The Bertz CT molecular complexity index is 320. The molecule has 1 aromatic rings. The maximum Gasteiger partial charge on any atom is 0.217 e. The molecule has 3 nitrogen and oxygen atoms in total. The van der Waals surface area contributed by atoms with Crippen LogP contribution in [0.15, 0.2) is 16.7 Å². The number of carbonyl (C=O) groups excluding carboxylic acids is 1. The number of aromatic nitrogens is 1. The molecule has 1 amide bonds. The zero-order valence-corrected chi connectivity index (χ0v) is 9.88. The number of amides is 1. The van der Waals surface area contributed by atoms with Gasteiger partial charge in [0, 0.05) is 29.3 Å². The van der Waals surface area contributed by atoms with Gasteiger partial charge in [0.25, 0.3) is 0 Å². The molecule has 0 saturated heterocycles. The Morgan fingerprint density at radius 1 is 1.64 bits per heavy atom. The Hall–Kier alpha value is -0.770. The van der Waals surface area contributed by atoms with Crippen LogP contribution in [-0.4, -0.2) is 10.5 Å². The maximum atomic E-state index is 10.7. The molecule has 0 unspecified atom stereocenters. The number of primary amides is 1. The number of hydrogen-bond donors (Lipinski definition) is 1. The Balaban J connectivity index is 2.71. The summed E-state index contributed by atoms with van der Waals surface area (Å²) in [6.45, 7) is 3.12. The minimum Gasteiger partial charge on any atom is -0.370 e. The molecular formula is C10H15BrN2O. The molecule has 0 saturated carbocycles. The van der Waals surface area contributed by atoms with Crippen molar-refractivity contribution in [1.29, 1.82) is 0 Å².